The van der Waals surface area contributed by atoms with Gasteiger partial charge in [-0.25, -0.2) is 0 Å². The summed E-state index contributed by atoms with van der Waals surface area (Å²) in [6.45, 7) is 7.31. The third-order valence-electron chi connectivity index (χ3n) is 5.52. The summed E-state index contributed by atoms with van der Waals surface area (Å²) in [6.07, 6.45) is 17.0. The van der Waals surface area contributed by atoms with E-state index in [1.807, 2.05) is 0 Å². The van der Waals surface area contributed by atoms with Crippen LogP contribution in [-0.2, 0) is 0 Å². The molecule has 2 atom stereocenters. The van der Waals surface area contributed by atoms with Gasteiger partial charge in [0.15, 0.2) is 0 Å². The van der Waals surface area contributed by atoms with E-state index in [1.54, 1.807) is 0 Å². The van der Waals surface area contributed by atoms with Crippen molar-refractivity contribution < 1.29 is 0 Å². The quantitative estimate of drug-likeness (QED) is 0.554. The van der Waals surface area contributed by atoms with Crippen LogP contribution in [0, 0.1) is 0 Å². The molecule has 0 spiro atoms. The van der Waals surface area contributed by atoms with Gasteiger partial charge in [-0.2, -0.15) is 0 Å². The van der Waals surface area contributed by atoms with Crippen molar-refractivity contribution in [3.8, 4) is 0 Å². The number of rotatable bonds is 11. The highest BCUT2D eigenvalue weighted by Gasteiger charge is 2.35. The van der Waals surface area contributed by atoms with E-state index in [4.69, 9.17) is 0 Å². The summed E-state index contributed by atoms with van der Waals surface area (Å²) in [6, 6.07) is 2.55. The summed E-state index contributed by atoms with van der Waals surface area (Å²) in [7, 11) is 0. The molecule has 2 saturated heterocycles. The normalized spacial score (nSPS) is 28.4. The van der Waals surface area contributed by atoms with E-state index >= 15 is 0 Å². The lowest BCUT2D eigenvalue weighted by molar-refractivity contribution is 0.138. The molecular formula is C19H38N2. The van der Waals surface area contributed by atoms with Crippen molar-refractivity contribution in [3.05, 3.63) is 0 Å². The van der Waals surface area contributed by atoms with Gasteiger partial charge in [-0.3, -0.25) is 0 Å². The second-order valence-corrected chi connectivity index (χ2v) is 7.42. The Morgan fingerprint density at radius 1 is 0.762 bits per heavy atom. The summed E-state index contributed by atoms with van der Waals surface area (Å²) in [4.78, 5) is 2.83. The monoisotopic (exact) mass is 294 g/mol. The Bertz CT molecular complexity index is 254. The summed E-state index contributed by atoms with van der Waals surface area (Å²) in [5.74, 6) is 0. The van der Waals surface area contributed by atoms with Gasteiger partial charge in [0.1, 0.15) is 0 Å². The topological polar surface area (TPSA) is 15.3 Å². The maximum atomic E-state index is 3.79. The molecule has 2 heterocycles. The first-order chi connectivity index (χ1) is 10.3. The third kappa shape index (κ3) is 5.90. The van der Waals surface area contributed by atoms with Gasteiger partial charge in [0.2, 0.25) is 0 Å². The molecule has 2 bridgehead atoms. The molecule has 21 heavy (non-hydrogen) atoms. The molecule has 2 aliphatic heterocycles. The van der Waals surface area contributed by atoms with Crippen molar-refractivity contribution in [3.63, 3.8) is 0 Å². The van der Waals surface area contributed by atoms with Crippen molar-refractivity contribution in [1.82, 2.24) is 10.2 Å². The Kier molecular flexibility index (Phi) is 8.10. The van der Waals surface area contributed by atoms with Crippen LogP contribution >= 0.6 is 0 Å². The minimum Gasteiger partial charge on any atom is -0.311 e. The van der Waals surface area contributed by atoms with Gasteiger partial charge in [0, 0.05) is 18.1 Å². The predicted octanol–water partition coefficient (Wildman–Crippen LogP) is 4.73. The number of hydrogen-bond donors (Lipinski definition) is 1. The van der Waals surface area contributed by atoms with Crippen LogP contribution in [0.1, 0.15) is 90.9 Å². The summed E-state index contributed by atoms with van der Waals surface area (Å²) >= 11 is 0. The van der Waals surface area contributed by atoms with Crippen LogP contribution in [0.15, 0.2) is 0 Å². The van der Waals surface area contributed by atoms with E-state index in [0.717, 1.165) is 18.1 Å². The van der Waals surface area contributed by atoms with Crippen LogP contribution in [0.2, 0.25) is 0 Å². The highest BCUT2D eigenvalue weighted by Crippen LogP contribution is 2.30. The Morgan fingerprint density at radius 2 is 1.38 bits per heavy atom. The van der Waals surface area contributed by atoms with Crippen LogP contribution in [0.3, 0.4) is 0 Å². The minimum atomic E-state index is 0.835. The molecule has 2 fully saturated rings. The molecule has 1 N–H and O–H groups in total. The molecule has 0 saturated carbocycles. The highest BCUT2D eigenvalue weighted by atomic mass is 15.2. The second-order valence-electron chi connectivity index (χ2n) is 7.42. The van der Waals surface area contributed by atoms with Gasteiger partial charge in [0.05, 0.1) is 0 Å². The standard InChI is InChI=1S/C19H38N2/c1-3-5-6-7-8-9-10-14-21(13-4-2)19-15-17-11-12-18(16-19)20-17/h17-20H,3-16H2,1-2H3. The Labute approximate surface area is 133 Å². The zero-order valence-electron chi connectivity index (χ0n) is 14.6. The lowest BCUT2D eigenvalue weighted by Gasteiger charge is -2.38. The molecule has 2 heteroatoms. The number of unbranched alkanes of at least 4 members (excludes halogenated alkanes) is 6. The summed E-state index contributed by atoms with van der Waals surface area (Å²) in [5, 5.41) is 3.79. The first-order valence-electron chi connectivity index (χ1n) is 9.83. The van der Waals surface area contributed by atoms with Crippen LogP contribution in [-0.4, -0.2) is 36.1 Å². The molecule has 2 rings (SSSR count). The molecule has 2 unspecified atom stereocenters. The molecule has 0 amide bonds. The molecule has 0 radical (unpaired) electrons. The summed E-state index contributed by atoms with van der Waals surface area (Å²) in [5.41, 5.74) is 0. The maximum absolute atomic E-state index is 3.79. The average molecular weight is 295 g/mol. The van der Waals surface area contributed by atoms with Crippen LogP contribution < -0.4 is 5.32 Å². The van der Waals surface area contributed by atoms with Gasteiger partial charge >= 0.3 is 0 Å². The maximum Gasteiger partial charge on any atom is 0.0125 e. The molecule has 2 aliphatic rings. The van der Waals surface area contributed by atoms with E-state index < -0.39 is 0 Å². The van der Waals surface area contributed by atoms with Crippen LogP contribution in [0.5, 0.6) is 0 Å². The fourth-order valence-corrected chi connectivity index (χ4v) is 4.36. The lowest BCUT2D eigenvalue weighted by Crippen LogP contribution is -2.48. The molecule has 0 aromatic rings. The van der Waals surface area contributed by atoms with Gasteiger partial charge in [-0.15, -0.1) is 0 Å². The van der Waals surface area contributed by atoms with Gasteiger partial charge in [-0.1, -0.05) is 52.4 Å². The van der Waals surface area contributed by atoms with Crippen LogP contribution in [0.4, 0.5) is 0 Å². The third-order valence-corrected chi connectivity index (χ3v) is 5.52. The Morgan fingerprint density at radius 3 is 2.00 bits per heavy atom. The smallest absolute Gasteiger partial charge is 0.0125 e. The van der Waals surface area contributed by atoms with Crippen molar-refractivity contribution in [2.45, 2.75) is 109 Å². The number of nitrogens with zero attached hydrogens (tertiary/aromatic N) is 1. The predicted molar refractivity (Wildman–Crippen MR) is 92.8 cm³/mol. The highest BCUT2D eigenvalue weighted by molar-refractivity contribution is 4.95. The second kappa shape index (κ2) is 9.84. The molecule has 0 aromatic carbocycles. The Balaban J connectivity index is 1.62. The van der Waals surface area contributed by atoms with E-state index in [1.165, 1.54) is 90.1 Å². The largest absolute Gasteiger partial charge is 0.311 e. The van der Waals surface area contributed by atoms with Crippen molar-refractivity contribution in [1.29, 1.82) is 0 Å². The summed E-state index contributed by atoms with van der Waals surface area (Å²) < 4.78 is 0. The number of fused-ring (bicyclic) bond motifs is 2. The lowest BCUT2D eigenvalue weighted by atomic mass is 9.97. The fourth-order valence-electron chi connectivity index (χ4n) is 4.36. The zero-order chi connectivity index (χ0) is 14.9. The molecular weight excluding hydrogens is 256 g/mol. The fraction of sp³-hybridized carbons (Fsp3) is 1.00. The van der Waals surface area contributed by atoms with Crippen molar-refractivity contribution >= 4 is 0 Å². The van der Waals surface area contributed by atoms with E-state index in [-0.39, 0.29) is 0 Å². The number of piperidine rings is 1. The Hall–Kier alpha value is -0.0800. The van der Waals surface area contributed by atoms with E-state index in [9.17, 15) is 0 Å². The molecule has 2 nitrogen and oxygen atoms in total. The number of hydrogen-bond acceptors (Lipinski definition) is 2. The minimum absolute atomic E-state index is 0.835. The molecule has 0 aliphatic carbocycles. The first kappa shape index (κ1) is 17.3. The van der Waals surface area contributed by atoms with Gasteiger partial charge in [0.25, 0.3) is 0 Å². The zero-order valence-corrected chi connectivity index (χ0v) is 14.6. The van der Waals surface area contributed by atoms with Gasteiger partial charge in [-0.05, 0) is 51.6 Å². The van der Waals surface area contributed by atoms with E-state index in [2.05, 4.69) is 24.1 Å². The van der Waals surface area contributed by atoms with E-state index in [0.29, 0.717) is 0 Å². The first-order valence-corrected chi connectivity index (χ1v) is 9.83. The molecule has 0 aromatic heterocycles. The van der Waals surface area contributed by atoms with Crippen molar-refractivity contribution in [2.24, 2.45) is 0 Å². The molecule has 124 valence electrons. The number of nitrogens with one attached hydrogen (secondary N) is 1. The average Bonchev–Trinajstić information content (AvgIpc) is 2.83. The van der Waals surface area contributed by atoms with Crippen LogP contribution in [0.25, 0.3) is 0 Å². The SMILES string of the molecule is CCCCCCCCCN(CCC)C1CC2CCC(C1)N2. The van der Waals surface area contributed by atoms with Crippen molar-refractivity contribution in [2.75, 3.05) is 13.1 Å². The van der Waals surface area contributed by atoms with Gasteiger partial charge < -0.3 is 10.2 Å².